The number of benzene rings is 2. The average molecular weight is 325 g/mol. The van der Waals surface area contributed by atoms with Crippen LogP contribution in [0.5, 0.6) is 0 Å². The quantitative estimate of drug-likeness (QED) is 0.538. The third-order valence-electron chi connectivity index (χ3n) is 4.28. The predicted octanol–water partition coefficient (Wildman–Crippen LogP) is 4.83. The fourth-order valence-corrected chi connectivity index (χ4v) is 3.05. The molecule has 2 aromatic heterocycles. The highest BCUT2D eigenvalue weighted by molar-refractivity contribution is 5.60. The van der Waals surface area contributed by atoms with E-state index in [1.807, 2.05) is 41.3 Å². The lowest BCUT2D eigenvalue weighted by molar-refractivity contribution is 0.845. The van der Waals surface area contributed by atoms with E-state index in [9.17, 15) is 0 Å². The molecule has 0 saturated heterocycles. The van der Waals surface area contributed by atoms with Crippen LogP contribution >= 0.6 is 0 Å². The summed E-state index contributed by atoms with van der Waals surface area (Å²) >= 11 is 0. The van der Waals surface area contributed by atoms with Gasteiger partial charge in [-0.2, -0.15) is 5.10 Å². The lowest BCUT2D eigenvalue weighted by Gasteiger charge is -2.09. The van der Waals surface area contributed by atoms with E-state index >= 15 is 0 Å². The molecule has 0 radical (unpaired) electrons. The number of nitrogens with zero attached hydrogens (tertiary/aromatic N) is 3. The van der Waals surface area contributed by atoms with Crippen molar-refractivity contribution in [3.8, 4) is 16.9 Å². The van der Waals surface area contributed by atoms with Crippen molar-refractivity contribution in [3.63, 3.8) is 0 Å². The van der Waals surface area contributed by atoms with Gasteiger partial charge in [-0.05, 0) is 60.9 Å². The molecule has 4 rings (SSSR count). The second-order valence-electron chi connectivity index (χ2n) is 6.15. The highest BCUT2D eigenvalue weighted by Gasteiger charge is 2.04. The van der Waals surface area contributed by atoms with Crippen LogP contribution in [0.1, 0.15) is 16.8 Å². The van der Waals surface area contributed by atoms with Crippen molar-refractivity contribution in [3.05, 3.63) is 102 Å². The molecule has 4 aromatic rings. The van der Waals surface area contributed by atoms with Crippen molar-refractivity contribution in [1.29, 1.82) is 0 Å². The smallest absolute Gasteiger partial charge is 0.0702 e. The highest BCUT2D eigenvalue weighted by atomic mass is 15.3. The molecule has 0 unspecified atom stereocenters. The third-order valence-corrected chi connectivity index (χ3v) is 4.28. The van der Waals surface area contributed by atoms with Crippen LogP contribution in [0.4, 0.5) is 0 Å². The van der Waals surface area contributed by atoms with Gasteiger partial charge in [0.2, 0.25) is 0 Å². The first kappa shape index (κ1) is 15.3. The molecule has 0 fully saturated rings. The SMILES string of the molecule is Cc1ccnn1-c1cccc(Cc2cccc(-c3ccccn3)c2)c1. The summed E-state index contributed by atoms with van der Waals surface area (Å²) in [6, 6.07) is 25.2. The minimum absolute atomic E-state index is 0.884. The zero-order valence-electron chi connectivity index (χ0n) is 14.1. The maximum Gasteiger partial charge on any atom is 0.0702 e. The molecule has 3 heteroatoms. The van der Waals surface area contributed by atoms with Gasteiger partial charge in [0.25, 0.3) is 0 Å². The zero-order valence-corrected chi connectivity index (χ0v) is 14.1. The van der Waals surface area contributed by atoms with Crippen LogP contribution < -0.4 is 0 Å². The fraction of sp³-hybridized carbons (Fsp3) is 0.0909. The molecule has 2 aromatic carbocycles. The molecule has 25 heavy (non-hydrogen) atoms. The van der Waals surface area contributed by atoms with Crippen LogP contribution in [0, 0.1) is 6.92 Å². The molecule has 0 N–H and O–H groups in total. The van der Waals surface area contributed by atoms with E-state index in [2.05, 4.69) is 65.5 Å². The molecule has 2 heterocycles. The van der Waals surface area contributed by atoms with E-state index < -0.39 is 0 Å². The number of aromatic nitrogens is 3. The van der Waals surface area contributed by atoms with Gasteiger partial charge in [-0.15, -0.1) is 0 Å². The van der Waals surface area contributed by atoms with Crippen molar-refractivity contribution < 1.29 is 0 Å². The highest BCUT2D eigenvalue weighted by Crippen LogP contribution is 2.20. The summed E-state index contributed by atoms with van der Waals surface area (Å²) in [4.78, 5) is 4.44. The maximum absolute atomic E-state index is 4.44. The topological polar surface area (TPSA) is 30.7 Å². The molecular weight excluding hydrogens is 306 g/mol. The predicted molar refractivity (Wildman–Crippen MR) is 101 cm³/mol. The minimum Gasteiger partial charge on any atom is -0.256 e. The third kappa shape index (κ3) is 3.36. The first-order valence-corrected chi connectivity index (χ1v) is 8.40. The summed E-state index contributed by atoms with van der Waals surface area (Å²) in [5.74, 6) is 0. The summed E-state index contributed by atoms with van der Waals surface area (Å²) < 4.78 is 1.97. The lowest BCUT2D eigenvalue weighted by atomic mass is 10.0. The second-order valence-corrected chi connectivity index (χ2v) is 6.15. The number of rotatable bonds is 4. The Labute approximate surface area is 147 Å². The van der Waals surface area contributed by atoms with Gasteiger partial charge in [0.1, 0.15) is 0 Å². The summed E-state index contributed by atoms with van der Waals surface area (Å²) in [6.07, 6.45) is 4.55. The standard InChI is InChI=1S/C22H19N3/c1-17-11-13-24-25(17)21-9-5-7-19(16-21)14-18-6-4-8-20(15-18)22-10-2-3-12-23-22/h2-13,15-16H,14H2,1H3. The molecule has 0 amide bonds. The van der Waals surface area contributed by atoms with E-state index in [1.165, 1.54) is 11.1 Å². The van der Waals surface area contributed by atoms with Crippen LogP contribution in [0.2, 0.25) is 0 Å². The Kier molecular flexibility index (Phi) is 4.13. The van der Waals surface area contributed by atoms with Gasteiger partial charge in [0.15, 0.2) is 0 Å². The molecule has 122 valence electrons. The molecule has 0 atom stereocenters. The van der Waals surface area contributed by atoms with Crippen LogP contribution in [0.15, 0.2) is 85.2 Å². The molecule has 0 aliphatic heterocycles. The first-order chi connectivity index (χ1) is 12.3. The molecule has 0 aliphatic rings. The average Bonchev–Trinajstić information content (AvgIpc) is 3.09. The molecule has 0 saturated carbocycles. The second kappa shape index (κ2) is 6.73. The maximum atomic E-state index is 4.44. The molecule has 3 nitrogen and oxygen atoms in total. The van der Waals surface area contributed by atoms with Crippen LogP contribution in [-0.4, -0.2) is 14.8 Å². The Hall–Kier alpha value is -3.20. The number of pyridine rings is 1. The van der Waals surface area contributed by atoms with E-state index in [0.717, 1.165) is 29.1 Å². The van der Waals surface area contributed by atoms with E-state index in [-0.39, 0.29) is 0 Å². The summed E-state index contributed by atoms with van der Waals surface area (Å²) in [5, 5.41) is 4.40. The molecule has 0 bridgehead atoms. The summed E-state index contributed by atoms with van der Waals surface area (Å²) in [6.45, 7) is 2.07. The van der Waals surface area contributed by atoms with Crippen molar-refractivity contribution in [2.24, 2.45) is 0 Å². The monoisotopic (exact) mass is 325 g/mol. The Morgan fingerprint density at radius 2 is 1.64 bits per heavy atom. The van der Waals surface area contributed by atoms with Gasteiger partial charge in [0, 0.05) is 23.7 Å². The number of hydrogen-bond acceptors (Lipinski definition) is 2. The fourth-order valence-electron chi connectivity index (χ4n) is 3.05. The van der Waals surface area contributed by atoms with Crippen molar-refractivity contribution in [2.45, 2.75) is 13.3 Å². The van der Waals surface area contributed by atoms with Gasteiger partial charge < -0.3 is 0 Å². The van der Waals surface area contributed by atoms with Gasteiger partial charge in [0.05, 0.1) is 11.4 Å². The molecule has 0 aliphatic carbocycles. The summed E-state index contributed by atoms with van der Waals surface area (Å²) in [5.41, 5.74) is 6.93. The zero-order chi connectivity index (χ0) is 17.1. The normalized spacial score (nSPS) is 10.8. The Bertz CT molecular complexity index is 987. The lowest BCUT2D eigenvalue weighted by Crippen LogP contribution is -1.99. The Morgan fingerprint density at radius 3 is 2.40 bits per heavy atom. The minimum atomic E-state index is 0.884. The molecule has 0 spiro atoms. The van der Waals surface area contributed by atoms with Gasteiger partial charge >= 0.3 is 0 Å². The number of aryl methyl sites for hydroxylation is 1. The largest absolute Gasteiger partial charge is 0.256 e. The van der Waals surface area contributed by atoms with Crippen molar-refractivity contribution >= 4 is 0 Å². The number of hydrogen-bond donors (Lipinski definition) is 0. The summed E-state index contributed by atoms with van der Waals surface area (Å²) in [7, 11) is 0. The van der Waals surface area contributed by atoms with Crippen molar-refractivity contribution in [2.75, 3.05) is 0 Å². The van der Waals surface area contributed by atoms with E-state index in [1.54, 1.807) is 0 Å². The molecular formula is C22H19N3. The Balaban J connectivity index is 1.62. The van der Waals surface area contributed by atoms with E-state index in [0.29, 0.717) is 0 Å². The van der Waals surface area contributed by atoms with E-state index in [4.69, 9.17) is 0 Å². The van der Waals surface area contributed by atoms with Crippen LogP contribution in [0.3, 0.4) is 0 Å². The first-order valence-electron chi connectivity index (χ1n) is 8.40. The van der Waals surface area contributed by atoms with Gasteiger partial charge in [-0.25, -0.2) is 4.68 Å². The van der Waals surface area contributed by atoms with Crippen LogP contribution in [-0.2, 0) is 6.42 Å². The van der Waals surface area contributed by atoms with Gasteiger partial charge in [-0.3, -0.25) is 4.98 Å². The Morgan fingerprint density at radius 1 is 0.800 bits per heavy atom. The van der Waals surface area contributed by atoms with Crippen LogP contribution in [0.25, 0.3) is 16.9 Å². The van der Waals surface area contributed by atoms with Gasteiger partial charge in [-0.1, -0.05) is 36.4 Å². The van der Waals surface area contributed by atoms with Crippen molar-refractivity contribution in [1.82, 2.24) is 14.8 Å².